The van der Waals surface area contributed by atoms with Gasteiger partial charge in [0.2, 0.25) is 0 Å². The number of methoxy groups -OCH3 is 2. The van der Waals surface area contributed by atoms with Crippen molar-refractivity contribution in [2.45, 2.75) is 13.1 Å². The Morgan fingerprint density at radius 1 is 1.04 bits per heavy atom. The van der Waals surface area contributed by atoms with Crippen molar-refractivity contribution >= 4 is 11.9 Å². The molecule has 0 aliphatic rings. The lowest BCUT2D eigenvalue weighted by Gasteiger charge is -2.11. The van der Waals surface area contributed by atoms with Gasteiger partial charge in [0.15, 0.2) is 5.78 Å². The summed E-state index contributed by atoms with van der Waals surface area (Å²) in [5, 5.41) is 0. The number of hydrogen-bond acceptors (Lipinski definition) is 3. The average Bonchev–Trinajstić information content (AvgIpc) is 2.59. The van der Waals surface area contributed by atoms with E-state index in [1.54, 1.807) is 6.92 Å². The summed E-state index contributed by atoms with van der Waals surface area (Å²) in [6, 6.07) is 8.13. The number of benzene rings is 2. The Kier molecular flexibility index (Phi) is 5.51. The maximum atomic E-state index is 13.0. The zero-order valence-electron chi connectivity index (χ0n) is 14.0. The maximum absolute atomic E-state index is 13.0. The zero-order chi connectivity index (χ0) is 18.6. The molecule has 0 radical (unpaired) electrons. The second-order valence-electron chi connectivity index (χ2n) is 5.29. The number of hydrogen-bond donors (Lipinski definition) is 0. The Balaban J connectivity index is 2.37. The van der Waals surface area contributed by atoms with Crippen LogP contribution in [0, 0.1) is 6.92 Å². The minimum atomic E-state index is -4.49. The number of allylic oxidation sites excluding steroid dienone is 1. The Bertz CT molecular complexity index is 783. The van der Waals surface area contributed by atoms with Gasteiger partial charge in [-0.3, -0.25) is 4.79 Å². The Morgan fingerprint density at radius 3 is 2.12 bits per heavy atom. The third kappa shape index (κ3) is 4.21. The van der Waals surface area contributed by atoms with Crippen LogP contribution in [-0.4, -0.2) is 20.0 Å². The SMILES string of the molecule is COc1cc(C(=O)/C=C/c2ccccc2C(F)(F)F)cc(OC)c1C. The summed E-state index contributed by atoms with van der Waals surface area (Å²) in [5.41, 5.74) is 0.125. The number of halogens is 3. The van der Waals surface area contributed by atoms with Gasteiger partial charge < -0.3 is 9.47 Å². The highest BCUT2D eigenvalue weighted by Gasteiger charge is 2.32. The number of rotatable bonds is 5. The van der Waals surface area contributed by atoms with E-state index >= 15 is 0 Å². The van der Waals surface area contributed by atoms with Crippen LogP contribution in [0.5, 0.6) is 11.5 Å². The van der Waals surface area contributed by atoms with Crippen molar-refractivity contribution in [2.75, 3.05) is 14.2 Å². The van der Waals surface area contributed by atoms with Crippen LogP contribution in [0.25, 0.3) is 6.08 Å². The van der Waals surface area contributed by atoms with E-state index in [4.69, 9.17) is 9.47 Å². The molecule has 3 nitrogen and oxygen atoms in total. The largest absolute Gasteiger partial charge is 0.496 e. The predicted octanol–water partition coefficient (Wildman–Crippen LogP) is 4.93. The van der Waals surface area contributed by atoms with Crippen LogP contribution >= 0.6 is 0 Å². The highest BCUT2D eigenvalue weighted by molar-refractivity contribution is 6.07. The number of carbonyl (C=O) groups is 1. The lowest BCUT2D eigenvalue weighted by Crippen LogP contribution is -2.07. The van der Waals surface area contributed by atoms with E-state index in [1.807, 2.05) is 0 Å². The van der Waals surface area contributed by atoms with Gasteiger partial charge >= 0.3 is 6.18 Å². The van der Waals surface area contributed by atoms with Gasteiger partial charge in [0.05, 0.1) is 19.8 Å². The molecule has 2 aromatic carbocycles. The summed E-state index contributed by atoms with van der Waals surface area (Å²) in [7, 11) is 2.93. The average molecular weight is 350 g/mol. The third-order valence-corrected chi connectivity index (χ3v) is 3.72. The van der Waals surface area contributed by atoms with Gasteiger partial charge in [-0.15, -0.1) is 0 Å². The second-order valence-corrected chi connectivity index (χ2v) is 5.29. The van der Waals surface area contributed by atoms with E-state index in [9.17, 15) is 18.0 Å². The summed E-state index contributed by atoms with van der Waals surface area (Å²) in [6.45, 7) is 1.78. The van der Waals surface area contributed by atoms with Crippen LogP contribution in [0.2, 0.25) is 0 Å². The fourth-order valence-corrected chi connectivity index (χ4v) is 2.39. The monoisotopic (exact) mass is 350 g/mol. The standard InChI is InChI=1S/C19H17F3O3/c1-12-17(24-2)10-14(11-18(12)25-3)16(23)9-8-13-6-4-5-7-15(13)19(20,21)22/h4-11H,1-3H3/b9-8+. The lowest BCUT2D eigenvalue weighted by molar-refractivity contribution is -0.137. The molecule has 0 spiro atoms. The van der Waals surface area contributed by atoms with Crippen LogP contribution in [0.1, 0.15) is 27.0 Å². The minimum absolute atomic E-state index is 0.0746. The van der Waals surface area contributed by atoms with Gasteiger partial charge in [-0.1, -0.05) is 24.3 Å². The van der Waals surface area contributed by atoms with E-state index in [-0.39, 0.29) is 11.1 Å². The van der Waals surface area contributed by atoms with Gasteiger partial charge in [-0.05, 0) is 36.8 Å². The molecular weight excluding hydrogens is 333 g/mol. The summed E-state index contributed by atoms with van der Waals surface area (Å²) in [4.78, 5) is 12.3. The molecule has 0 heterocycles. The Morgan fingerprint density at radius 2 is 1.60 bits per heavy atom. The van der Waals surface area contributed by atoms with E-state index in [1.165, 1.54) is 44.6 Å². The number of ether oxygens (including phenoxy) is 2. The molecule has 2 rings (SSSR count). The molecule has 0 N–H and O–H groups in total. The second kappa shape index (κ2) is 7.42. The minimum Gasteiger partial charge on any atom is -0.496 e. The summed E-state index contributed by atoms with van der Waals surface area (Å²) in [6.07, 6.45) is -2.22. The number of ketones is 1. The van der Waals surface area contributed by atoms with E-state index < -0.39 is 17.5 Å². The molecule has 0 bridgehead atoms. The maximum Gasteiger partial charge on any atom is 0.416 e. The molecule has 0 atom stereocenters. The van der Waals surface area contributed by atoms with Crippen molar-refractivity contribution in [2.24, 2.45) is 0 Å². The van der Waals surface area contributed by atoms with Crippen molar-refractivity contribution in [1.29, 1.82) is 0 Å². The van der Waals surface area contributed by atoms with Crippen LogP contribution in [0.15, 0.2) is 42.5 Å². The smallest absolute Gasteiger partial charge is 0.416 e. The van der Waals surface area contributed by atoms with Crippen LogP contribution in [0.4, 0.5) is 13.2 Å². The van der Waals surface area contributed by atoms with Gasteiger partial charge in [-0.25, -0.2) is 0 Å². The van der Waals surface area contributed by atoms with Crippen molar-refractivity contribution < 1.29 is 27.4 Å². The van der Waals surface area contributed by atoms with E-state index in [0.29, 0.717) is 11.5 Å². The highest BCUT2D eigenvalue weighted by Crippen LogP contribution is 2.33. The first kappa shape index (κ1) is 18.6. The topological polar surface area (TPSA) is 35.5 Å². The molecule has 0 aliphatic carbocycles. The molecule has 0 fully saturated rings. The predicted molar refractivity (Wildman–Crippen MR) is 89.1 cm³/mol. The third-order valence-electron chi connectivity index (χ3n) is 3.72. The first-order valence-corrected chi connectivity index (χ1v) is 7.39. The number of alkyl halides is 3. The molecule has 0 saturated heterocycles. The van der Waals surface area contributed by atoms with Crippen molar-refractivity contribution in [1.82, 2.24) is 0 Å². The lowest BCUT2D eigenvalue weighted by atomic mass is 10.0. The molecule has 0 aromatic heterocycles. The van der Waals surface area contributed by atoms with Gasteiger partial charge in [0.25, 0.3) is 0 Å². The first-order chi connectivity index (χ1) is 11.8. The molecule has 0 amide bonds. The van der Waals surface area contributed by atoms with Crippen molar-refractivity contribution in [3.8, 4) is 11.5 Å². The van der Waals surface area contributed by atoms with Gasteiger partial charge in [0, 0.05) is 11.1 Å². The first-order valence-electron chi connectivity index (χ1n) is 7.39. The molecule has 25 heavy (non-hydrogen) atoms. The van der Waals surface area contributed by atoms with Crippen LogP contribution in [0.3, 0.4) is 0 Å². The highest BCUT2D eigenvalue weighted by atomic mass is 19.4. The fourth-order valence-electron chi connectivity index (χ4n) is 2.39. The van der Waals surface area contributed by atoms with Gasteiger partial charge in [0.1, 0.15) is 11.5 Å². The molecule has 132 valence electrons. The quantitative estimate of drug-likeness (QED) is 0.567. The molecular formula is C19H17F3O3. The van der Waals surface area contributed by atoms with Crippen molar-refractivity contribution in [3.63, 3.8) is 0 Å². The Labute approximate surface area is 143 Å². The Hall–Kier alpha value is -2.76. The summed E-state index contributed by atoms with van der Waals surface area (Å²) in [5.74, 6) is 0.479. The molecule has 0 unspecified atom stereocenters. The zero-order valence-corrected chi connectivity index (χ0v) is 14.0. The van der Waals surface area contributed by atoms with Crippen LogP contribution < -0.4 is 9.47 Å². The number of carbonyl (C=O) groups excluding carboxylic acids is 1. The molecule has 0 aliphatic heterocycles. The van der Waals surface area contributed by atoms with E-state index in [0.717, 1.165) is 23.8 Å². The van der Waals surface area contributed by atoms with Gasteiger partial charge in [-0.2, -0.15) is 13.2 Å². The molecule has 2 aromatic rings. The van der Waals surface area contributed by atoms with Crippen LogP contribution in [-0.2, 0) is 6.18 Å². The van der Waals surface area contributed by atoms with E-state index in [2.05, 4.69) is 0 Å². The molecule has 0 saturated carbocycles. The summed E-state index contributed by atoms with van der Waals surface area (Å²) >= 11 is 0. The fraction of sp³-hybridized carbons (Fsp3) is 0.211. The van der Waals surface area contributed by atoms with Crippen molar-refractivity contribution in [3.05, 3.63) is 64.7 Å². The summed E-state index contributed by atoms with van der Waals surface area (Å²) < 4.78 is 49.4. The molecule has 6 heteroatoms. The normalized spacial score (nSPS) is 11.6.